The number of rotatable bonds is 7. The summed E-state index contributed by atoms with van der Waals surface area (Å²) in [7, 11) is 1.54. The van der Waals surface area contributed by atoms with Gasteiger partial charge in [-0.15, -0.1) is 0 Å². The normalized spacial score (nSPS) is 12.6. The summed E-state index contributed by atoms with van der Waals surface area (Å²) < 4.78 is 16.2. The molecule has 7 nitrogen and oxygen atoms in total. The SMILES string of the molecule is C=C(C)CN1C(=O)COc2cc(NC(=O)COc3ccccc3OC)ccc21. The lowest BCUT2D eigenvalue weighted by molar-refractivity contribution is -0.121. The van der Waals surface area contributed by atoms with Gasteiger partial charge in [-0.05, 0) is 31.2 Å². The van der Waals surface area contributed by atoms with Gasteiger partial charge in [0.15, 0.2) is 24.7 Å². The molecule has 1 aliphatic rings. The van der Waals surface area contributed by atoms with Crippen molar-refractivity contribution in [2.45, 2.75) is 6.92 Å². The molecule has 2 amide bonds. The molecule has 0 radical (unpaired) electrons. The van der Waals surface area contributed by atoms with E-state index in [0.717, 1.165) is 5.57 Å². The maximum absolute atomic E-state index is 12.2. The second kappa shape index (κ2) is 8.47. The van der Waals surface area contributed by atoms with Crippen LogP contribution in [-0.4, -0.2) is 38.7 Å². The van der Waals surface area contributed by atoms with Crippen LogP contribution in [0.5, 0.6) is 17.2 Å². The number of methoxy groups -OCH3 is 1. The van der Waals surface area contributed by atoms with Crippen LogP contribution < -0.4 is 24.4 Å². The molecule has 1 heterocycles. The lowest BCUT2D eigenvalue weighted by Gasteiger charge is -2.29. The molecule has 0 fully saturated rings. The Hall–Kier alpha value is -3.48. The van der Waals surface area contributed by atoms with Crippen LogP contribution in [0.15, 0.2) is 54.6 Å². The molecule has 1 aliphatic heterocycles. The third kappa shape index (κ3) is 4.43. The van der Waals surface area contributed by atoms with Crippen molar-refractivity contribution >= 4 is 23.2 Å². The Morgan fingerprint density at radius 2 is 2.00 bits per heavy atom. The molecule has 7 heteroatoms. The highest BCUT2D eigenvalue weighted by atomic mass is 16.5. The topological polar surface area (TPSA) is 77.1 Å². The van der Waals surface area contributed by atoms with Gasteiger partial charge in [-0.2, -0.15) is 0 Å². The zero-order valence-electron chi connectivity index (χ0n) is 15.9. The third-order valence-corrected chi connectivity index (χ3v) is 4.04. The van der Waals surface area contributed by atoms with Gasteiger partial charge in [0.1, 0.15) is 5.75 Å². The van der Waals surface area contributed by atoms with E-state index in [-0.39, 0.29) is 25.0 Å². The first kappa shape index (κ1) is 19.3. The van der Waals surface area contributed by atoms with E-state index in [4.69, 9.17) is 14.2 Å². The average Bonchev–Trinajstić information content (AvgIpc) is 2.68. The summed E-state index contributed by atoms with van der Waals surface area (Å²) in [6.45, 7) is 5.93. The maximum atomic E-state index is 12.2. The van der Waals surface area contributed by atoms with Crippen LogP contribution in [-0.2, 0) is 9.59 Å². The molecule has 146 valence electrons. The van der Waals surface area contributed by atoms with E-state index in [1.165, 1.54) is 7.11 Å². The zero-order chi connectivity index (χ0) is 20.1. The molecular weight excluding hydrogens is 360 g/mol. The first-order valence-electron chi connectivity index (χ1n) is 8.75. The Balaban J connectivity index is 1.66. The number of carbonyl (C=O) groups is 2. The Labute approximate surface area is 163 Å². The van der Waals surface area contributed by atoms with E-state index in [1.807, 2.05) is 13.0 Å². The first-order valence-corrected chi connectivity index (χ1v) is 8.75. The molecule has 0 aromatic heterocycles. The number of hydrogen-bond donors (Lipinski definition) is 1. The highest BCUT2D eigenvalue weighted by Crippen LogP contribution is 2.35. The first-order chi connectivity index (χ1) is 13.5. The fourth-order valence-electron chi connectivity index (χ4n) is 2.80. The molecule has 0 atom stereocenters. The van der Waals surface area contributed by atoms with E-state index >= 15 is 0 Å². The quantitative estimate of drug-likeness (QED) is 0.745. The van der Waals surface area contributed by atoms with Gasteiger partial charge in [0, 0.05) is 18.3 Å². The van der Waals surface area contributed by atoms with Crippen molar-refractivity contribution in [1.29, 1.82) is 0 Å². The van der Waals surface area contributed by atoms with Crippen molar-refractivity contribution < 1.29 is 23.8 Å². The minimum atomic E-state index is -0.323. The molecule has 0 aliphatic carbocycles. The van der Waals surface area contributed by atoms with Crippen LogP contribution in [0, 0.1) is 0 Å². The van der Waals surface area contributed by atoms with Crippen LogP contribution in [0.3, 0.4) is 0 Å². The number of ether oxygens (including phenoxy) is 3. The maximum Gasteiger partial charge on any atom is 0.265 e. The number of para-hydroxylation sites is 2. The summed E-state index contributed by atoms with van der Waals surface area (Å²) in [5.74, 6) is 1.13. The smallest absolute Gasteiger partial charge is 0.265 e. The molecular formula is C21H22N2O5. The number of nitrogens with one attached hydrogen (secondary N) is 1. The molecule has 0 spiro atoms. The summed E-state index contributed by atoms with van der Waals surface area (Å²) in [5, 5.41) is 2.76. The molecule has 2 aromatic rings. The van der Waals surface area contributed by atoms with Crippen molar-refractivity contribution in [3.05, 3.63) is 54.6 Å². The minimum Gasteiger partial charge on any atom is -0.493 e. The van der Waals surface area contributed by atoms with Crippen molar-refractivity contribution in [2.75, 3.05) is 37.1 Å². The largest absolute Gasteiger partial charge is 0.493 e. The van der Waals surface area contributed by atoms with Crippen molar-refractivity contribution in [3.63, 3.8) is 0 Å². The number of amides is 2. The van der Waals surface area contributed by atoms with Gasteiger partial charge in [-0.3, -0.25) is 9.59 Å². The third-order valence-electron chi connectivity index (χ3n) is 4.04. The molecule has 0 unspecified atom stereocenters. The number of hydrogen-bond acceptors (Lipinski definition) is 5. The average molecular weight is 382 g/mol. The number of nitrogens with zero attached hydrogens (tertiary/aromatic N) is 1. The predicted octanol–water partition coefficient (Wildman–Crippen LogP) is 3.01. The number of anilines is 2. The second-order valence-corrected chi connectivity index (χ2v) is 6.40. The van der Waals surface area contributed by atoms with Crippen LogP contribution in [0.4, 0.5) is 11.4 Å². The Morgan fingerprint density at radius 3 is 2.71 bits per heavy atom. The van der Waals surface area contributed by atoms with Crippen LogP contribution in [0.25, 0.3) is 0 Å². The highest BCUT2D eigenvalue weighted by molar-refractivity contribution is 5.99. The number of fused-ring (bicyclic) bond motifs is 1. The van der Waals surface area contributed by atoms with Crippen molar-refractivity contribution in [2.24, 2.45) is 0 Å². The molecule has 0 saturated carbocycles. The van der Waals surface area contributed by atoms with Crippen molar-refractivity contribution in [3.8, 4) is 17.2 Å². The molecule has 1 N–H and O–H groups in total. The minimum absolute atomic E-state index is 0.0470. The lowest BCUT2D eigenvalue weighted by atomic mass is 10.2. The predicted molar refractivity (Wildman–Crippen MR) is 106 cm³/mol. The monoisotopic (exact) mass is 382 g/mol. The van der Waals surface area contributed by atoms with E-state index in [1.54, 1.807) is 41.3 Å². The van der Waals surface area contributed by atoms with Crippen LogP contribution in [0.2, 0.25) is 0 Å². The summed E-state index contributed by atoms with van der Waals surface area (Å²) in [6, 6.07) is 12.3. The molecule has 2 aromatic carbocycles. The van der Waals surface area contributed by atoms with Gasteiger partial charge in [-0.1, -0.05) is 24.3 Å². The van der Waals surface area contributed by atoms with Gasteiger partial charge >= 0.3 is 0 Å². The van der Waals surface area contributed by atoms with E-state index in [0.29, 0.717) is 35.2 Å². The molecule has 28 heavy (non-hydrogen) atoms. The second-order valence-electron chi connectivity index (χ2n) is 6.40. The van der Waals surface area contributed by atoms with Gasteiger partial charge in [0.25, 0.3) is 11.8 Å². The van der Waals surface area contributed by atoms with Crippen LogP contribution >= 0.6 is 0 Å². The Morgan fingerprint density at radius 1 is 1.25 bits per heavy atom. The summed E-state index contributed by atoms with van der Waals surface area (Å²) in [5.41, 5.74) is 2.08. The molecule has 0 saturated heterocycles. The Kier molecular flexibility index (Phi) is 5.84. The van der Waals surface area contributed by atoms with E-state index in [9.17, 15) is 9.59 Å². The summed E-state index contributed by atoms with van der Waals surface area (Å²) in [6.07, 6.45) is 0. The summed E-state index contributed by atoms with van der Waals surface area (Å²) >= 11 is 0. The van der Waals surface area contributed by atoms with Crippen LogP contribution in [0.1, 0.15) is 6.92 Å². The molecule has 3 rings (SSSR count). The fourth-order valence-corrected chi connectivity index (χ4v) is 2.80. The van der Waals surface area contributed by atoms with Gasteiger partial charge in [0.2, 0.25) is 0 Å². The zero-order valence-corrected chi connectivity index (χ0v) is 15.9. The summed E-state index contributed by atoms with van der Waals surface area (Å²) in [4.78, 5) is 25.9. The van der Waals surface area contributed by atoms with Gasteiger partial charge in [-0.25, -0.2) is 0 Å². The van der Waals surface area contributed by atoms with Crippen molar-refractivity contribution in [1.82, 2.24) is 0 Å². The van der Waals surface area contributed by atoms with Gasteiger partial charge < -0.3 is 24.4 Å². The molecule has 0 bridgehead atoms. The standard InChI is InChI=1S/C21H22N2O5/c1-14(2)11-23-16-9-8-15(10-19(16)28-13-21(23)25)22-20(24)12-27-18-7-5-4-6-17(18)26-3/h4-10H,1,11-13H2,2-3H3,(H,22,24). The number of carbonyl (C=O) groups excluding carboxylic acids is 2. The lowest BCUT2D eigenvalue weighted by Crippen LogP contribution is -2.39. The Bertz CT molecular complexity index is 909. The van der Waals surface area contributed by atoms with E-state index < -0.39 is 0 Å². The highest BCUT2D eigenvalue weighted by Gasteiger charge is 2.25. The number of benzene rings is 2. The van der Waals surface area contributed by atoms with E-state index in [2.05, 4.69) is 11.9 Å². The fraction of sp³-hybridized carbons (Fsp3) is 0.238. The van der Waals surface area contributed by atoms with Gasteiger partial charge in [0.05, 0.1) is 12.8 Å².